The van der Waals surface area contributed by atoms with Crippen molar-refractivity contribution in [3.63, 3.8) is 0 Å². The minimum Gasteiger partial charge on any atom is -0.367 e. The van der Waals surface area contributed by atoms with Crippen LogP contribution in [0.3, 0.4) is 0 Å². The number of rotatable bonds is 3. The molecule has 2 heterocycles. The Labute approximate surface area is 174 Å². The van der Waals surface area contributed by atoms with Crippen molar-refractivity contribution in [3.05, 3.63) is 69.2 Å². The second-order valence-electron chi connectivity index (χ2n) is 7.00. The zero-order chi connectivity index (χ0) is 22.0. The molecule has 0 atom stereocenters. The Balaban J connectivity index is 2.01. The molecule has 0 amide bonds. The van der Waals surface area contributed by atoms with E-state index in [9.17, 15) is 31.8 Å². The summed E-state index contributed by atoms with van der Waals surface area (Å²) in [5, 5.41) is 20.9. The maximum absolute atomic E-state index is 13.1. The third-order valence-corrected chi connectivity index (χ3v) is 6.81. The highest BCUT2D eigenvalue weighted by molar-refractivity contribution is 7.95. The normalized spacial score (nSPS) is 15.7. The summed E-state index contributed by atoms with van der Waals surface area (Å²) < 4.78 is 66.1. The first kappa shape index (κ1) is 20.9. The van der Waals surface area contributed by atoms with Crippen LogP contribution in [0.1, 0.15) is 22.4 Å². The molecule has 2 aromatic carbocycles. The molecule has 10 heteroatoms. The lowest BCUT2D eigenvalue weighted by atomic mass is 9.96. The van der Waals surface area contributed by atoms with E-state index in [1.807, 2.05) is 0 Å². The number of sulfone groups is 1. The van der Waals surface area contributed by atoms with Crippen LogP contribution in [0.15, 0.2) is 46.7 Å². The van der Waals surface area contributed by atoms with E-state index in [0.29, 0.717) is 33.2 Å². The van der Waals surface area contributed by atoms with E-state index >= 15 is 0 Å². The number of aliphatic hydroxyl groups excluding tert-OH is 1. The van der Waals surface area contributed by atoms with Crippen molar-refractivity contribution in [2.75, 3.05) is 0 Å². The molecule has 4 rings (SSSR count). The van der Waals surface area contributed by atoms with Crippen molar-refractivity contribution in [2.24, 2.45) is 0 Å². The molecule has 1 aliphatic heterocycles. The van der Waals surface area contributed by atoms with Crippen molar-refractivity contribution < 1.29 is 31.8 Å². The average molecular weight is 458 g/mol. The van der Waals surface area contributed by atoms with E-state index in [0.717, 1.165) is 17.5 Å². The molecule has 0 bridgehead atoms. The van der Waals surface area contributed by atoms with Crippen molar-refractivity contribution >= 4 is 37.9 Å². The SMILES string of the molecule is Cc1c(C2=CS(=O)(=O)c3cc(C(F)(F)F)ccc32)c2ccc(Cl)cc2n1CC(O)O. The topological polar surface area (TPSA) is 79.5 Å². The van der Waals surface area contributed by atoms with Gasteiger partial charge in [0.05, 0.1) is 22.5 Å². The zero-order valence-electron chi connectivity index (χ0n) is 15.4. The summed E-state index contributed by atoms with van der Waals surface area (Å²) in [4.78, 5) is -0.413. The predicted molar refractivity (Wildman–Crippen MR) is 106 cm³/mol. The summed E-state index contributed by atoms with van der Waals surface area (Å²) in [5.74, 6) is 0. The first-order valence-corrected chi connectivity index (χ1v) is 10.7. The Hall–Kier alpha value is -2.33. The molecule has 0 unspecified atom stereocenters. The van der Waals surface area contributed by atoms with Crippen LogP contribution in [0.4, 0.5) is 13.2 Å². The second kappa shape index (κ2) is 6.84. The van der Waals surface area contributed by atoms with Gasteiger partial charge in [-0.1, -0.05) is 23.7 Å². The number of aliphatic hydroxyl groups is 2. The van der Waals surface area contributed by atoms with Crippen LogP contribution in [0.25, 0.3) is 16.5 Å². The molecule has 3 aromatic rings. The maximum atomic E-state index is 13.1. The van der Waals surface area contributed by atoms with Gasteiger partial charge in [0, 0.05) is 38.2 Å². The molecule has 0 spiro atoms. The van der Waals surface area contributed by atoms with E-state index in [4.69, 9.17) is 11.6 Å². The molecule has 2 N–H and O–H groups in total. The number of halogens is 4. The van der Waals surface area contributed by atoms with Gasteiger partial charge in [0.2, 0.25) is 9.84 Å². The molecule has 0 radical (unpaired) electrons. The highest BCUT2D eigenvalue weighted by atomic mass is 35.5. The van der Waals surface area contributed by atoms with Gasteiger partial charge in [0.25, 0.3) is 0 Å². The van der Waals surface area contributed by atoms with Gasteiger partial charge in [-0.2, -0.15) is 13.2 Å². The molecule has 30 heavy (non-hydrogen) atoms. The number of benzene rings is 2. The van der Waals surface area contributed by atoms with Crippen LogP contribution < -0.4 is 0 Å². The van der Waals surface area contributed by atoms with Crippen LogP contribution in [0.5, 0.6) is 0 Å². The van der Waals surface area contributed by atoms with Crippen LogP contribution in [-0.4, -0.2) is 29.5 Å². The van der Waals surface area contributed by atoms with Crippen LogP contribution in [0.2, 0.25) is 5.02 Å². The Kier molecular flexibility index (Phi) is 4.77. The van der Waals surface area contributed by atoms with Crippen LogP contribution >= 0.6 is 11.6 Å². The van der Waals surface area contributed by atoms with Gasteiger partial charge in [-0.05, 0) is 31.2 Å². The molecule has 158 valence electrons. The van der Waals surface area contributed by atoms with Gasteiger partial charge in [0.1, 0.15) is 0 Å². The predicted octanol–water partition coefficient (Wildman–Crippen LogP) is 4.11. The van der Waals surface area contributed by atoms with Gasteiger partial charge >= 0.3 is 6.18 Å². The molecule has 1 aliphatic rings. The van der Waals surface area contributed by atoms with Crippen LogP contribution in [0, 0.1) is 6.92 Å². The largest absolute Gasteiger partial charge is 0.416 e. The van der Waals surface area contributed by atoms with Gasteiger partial charge in [-0.25, -0.2) is 8.42 Å². The Morgan fingerprint density at radius 2 is 1.83 bits per heavy atom. The first-order valence-electron chi connectivity index (χ1n) is 8.73. The molecule has 0 fully saturated rings. The smallest absolute Gasteiger partial charge is 0.367 e. The standard InChI is InChI=1S/C20H15ClF3NO4S/c1-10-19(14-5-3-12(21)7-16(14)25(10)8-18(26)27)15-9-30(28,29)17-6-11(20(22,23)24)2-4-13(15)17/h2-7,9,18,26-27H,8H2,1H3. The number of fused-ring (bicyclic) bond motifs is 2. The van der Waals surface area contributed by atoms with Gasteiger partial charge in [-0.3, -0.25) is 0 Å². The number of aromatic nitrogens is 1. The molecule has 0 saturated heterocycles. The number of nitrogens with zero attached hydrogens (tertiary/aromatic N) is 1. The Bertz CT molecular complexity index is 1320. The third-order valence-electron chi connectivity index (χ3n) is 5.08. The molecular weight excluding hydrogens is 443 g/mol. The van der Waals surface area contributed by atoms with E-state index in [1.54, 1.807) is 29.7 Å². The lowest BCUT2D eigenvalue weighted by molar-refractivity contribution is -0.137. The van der Waals surface area contributed by atoms with Crippen molar-refractivity contribution in [3.8, 4) is 0 Å². The minimum atomic E-state index is -4.67. The minimum absolute atomic E-state index is 0.157. The molecular formula is C20H15ClF3NO4S. The highest BCUT2D eigenvalue weighted by Crippen LogP contribution is 2.44. The number of hydrogen-bond acceptors (Lipinski definition) is 4. The second-order valence-corrected chi connectivity index (χ2v) is 9.20. The average Bonchev–Trinajstić information content (AvgIpc) is 3.05. The van der Waals surface area contributed by atoms with Crippen molar-refractivity contribution in [2.45, 2.75) is 30.8 Å². The summed E-state index contributed by atoms with van der Waals surface area (Å²) in [5.41, 5.74) is 0.897. The van der Waals surface area contributed by atoms with E-state index in [1.165, 1.54) is 0 Å². The van der Waals surface area contributed by atoms with Crippen LogP contribution in [-0.2, 0) is 22.6 Å². The van der Waals surface area contributed by atoms with Gasteiger partial charge in [-0.15, -0.1) is 0 Å². The summed E-state index contributed by atoms with van der Waals surface area (Å²) in [6.07, 6.45) is -6.35. The summed E-state index contributed by atoms with van der Waals surface area (Å²) in [6.45, 7) is 1.48. The van der Waals surface area contributed by atoms with Gasteiger partial charge in [0.15, 0.2) is 6.29 Å². The molecule has 5 nitrogen and oxygen atoms in total. The Morgan fingerprint density at radius 3 is 2.47 bits per heavy atom. The number of alkyl halides is 3. The monoisotopic (exact) mass is 457 g/mol. The van der Waals surface area contributed by atoms with Gasteiger partial charge < -0.3 is 14.8 Å². The van der Waals surface area contributed by atoms with E-state index < -0.39 is 32.8 Å². The van der Waals surface area contributed by atoms with Crippen molar-refractivity contribution in [1.82, 2.24) is 4.57 Å². The first-order chi connectivity index (χ1) is 13.9. The Morgan fingerprint density at radius 1 is 1.13 bits per heavy atom. The lowest BCUT2D eigenvalue weighted by Gasteiger charge is -2.11. The molecule has 1 aromatic heterocycles. The van der Waals surface area contributed by atoms with E-state index in [-0.39, 0.29) is 17.7 Å². The number of hydrogen-bond donors (Lipinski definition) is 2. The summed E-state index contributed by atoms with van der Waals surface area (Å²) in [7, 11) is -4.09. The fourth-order valence-electron chi connectivity index (χ4n) is 3.82. The zero-order valence-corrected chi connectivity index (χ0v) is 17.0. The quantitative estimate of drug-likeness (QED) is 0.580. The fourth-order valence-corrected chi connectivity index (χ4v) is 5.45. The molecule has 0 saturated carbocycles. The highest BCUT2D eigenvalue weighted by Gasteiger charge is 2.36. The van der Waals surface area contributed by atoms with E-state index in [2.05, 4.69) is 0 Å². The molecule has 0 aliphatic carbocycles. The fraction of sp³-hybridized carbons (Fsp3) is 0.200. The maximum Gasteiger partial charge on any atom is 0.416 e. The third kappa shape index (κ3) is 3.31. The lowest BCUT2D eigenvalue weighted by Crippen LogP contribution is -2.15. The summed E-state index contributed by atoms with van der Waals surface area (Å²) in [6, 6.07) is 7.49. The van der Waals surface area contributed by atoms with Crippen molar-refractivity contribution in [1.29, 1.82) is 0 Å². The summed E-state index contributed by atoms with van der Waals surface area (Å²) >= 11 is 6.08.